The summed E-state index contributed by atoms with van der Waals surface area (Å²) in [4.78, 5) is 7.11. The number of aryl methyl sites for hydroxylation is 1. The van der Waals surface area contributed by atoms with E-state index in [2.05, 4.69) is 33.1 Å². The standard InChI is InChI=1S/C29H38N8O4/c1-6-40-28-21-9-10-23-22-11-19(12-30-27(22)32-31-23)26-24(16-39-5)33-35(4)29(26)41-18(3)13-36(20-7-8-20)14-25(21)37(34-28)17(2)15-38/h9-12,17-18,20,38H,6-8,13-16H2,1-5H3,(H,30,31,32)/b10-9+/t17-,18-/m0/s1. The second-order valence-corrected chi connectivity index (χ2v) is 10.9. The second-order valence-electron chi connectivity index (χ2n) is 10.9. The van der Waals surface area contributed by atoms with E-state index in [1.165, 1.54) is 0 Å². The SMILES string of the molecule is CCOc1nn([C@@H](C)CO)c2c1/C=C/c1[nH]nc3ncc(cc13)-c1c(COC)nn(C)c1O[C@@H](C)CN(C1CC1)C2. The number of nitrogens with zero attached hydrogens (tertiary/aromatic N) is 7. The molecule has 4 aromatic heterocycles. The summed E-state index contributed by atoms with van der Waals surface area (Å²) in [6, 6.07) is 2.31. The van der Waals surface area contributed by atoms with Gasteiger partial charge in [0.2, 0.25) is 11.8 Å². The average Bonchev–Trinajstić information content (AvgIpc) is 3.56. The minimum absolute atomic E-state index is 0.0287. The monoisotopic (exact) mass is 562 g/mol. The van der Waals surface area contributed by atoms with Crippen molar-refractivity contribution in [1.82, 2.24) is 39.6 Å². The van der Waals surface area contributed by atoms with Crippen LogP contribution in [0, 0.1) is 0 Å². The van der Waals surface area contributed by atoms with Crippen LogP contribution < -0.4 is 9.47 Å². The topological polar surface area (TPSA) is 128 Å². The summed E-state index contributed by atoms with van der Waals surface area (Å²) in [6.45, 7) is 8.16. The van der Waals surface area contributed by atoms with Crippen LogP contribution >= 0.6 is 0 Å². The van der Waals surface area contributed by atoms with E-state index in [-0.39, 0.29) is 18.8 Å². The molecule has 0 saturated heterocycles. The second kappa shape index (κ2) is 11.3. The third kappa shape index (κ3) is 5.22. The van der Waals surface area contributed by atoms with Crippen LogP contribution in [-0.2, 0) is 24.9 Å². The lowest BCUT2D eigenvalue weighted by molar-refractivity contribution is 0.124. The molecule has 12 heteroatoms. The molecule has 0 aromatic carbocycles. The molecule has 0 amide bonds. The Kier molecular flexibility index (Phi) is 7.54. The van der Waals surface area contributed by atoms with Gasteiger partial charge in [0, 0.05) is 50.4 Å². The van der Waals surface area contributed by atoms with Crippen molar-refractivity contribution in [2.75, 3.05) is 26.9 Å². The molecule has 0 unspecified atom stereocenters. The largest absolute Gasteiger partial charge is 0.476 e. The zero-order valence-electron chi connectivity index (χ0n) is 24.3. The van der Waals surface area contributed by atoms with Gasteiger partial charge in [-0.25, -0.2) is 9.67 Å². The summed E-state index contributed by atoms with van der Waals surface area (Å²) in [7, 11) is 3.56. The summed E-state index contributed by atoms with van der Waals surface area (Å²) >= 11 is 0. The maximum atomic E-state index is 10.1. The highest BCUT2D eigenvalue weighted by Gasteiger charge is 2.34. The van der Waals surface area contributed by atoms with E-state index in [0.717, 1.165) is 52.0 Å². The maximum Gasteiger partial charge on any atom is 0.240 e. The van der Waals surface area contributed by atoms with E-state index >= 15 is 0 Å². The quantitative estimate of drug-likeness (QED) is 0.347. The zero-order chi connectivity index (χ0) is 28.7. The molecule has 2 aliphatic rings. The number of aliphatic hydroxyl groups is 1. The highest BCUT2D eigenvalue weighted by atomic mass is 16.5. The Labute approximate surface area is 238 Å². The van der Waals surface area contributed by atoms with Gasteiger partial charge in [-0.1, -0.05) is 0 Å². The fourth-order valence-electron chi connectivity index (χ4n) is 5.58. The summed E-state index contributed by atoms with van der Waals surface area (Å²) in [5, 5.41) is 28.1. The number of hydrogen-bond acceptors (Lipinski definition) is 9. The van der Waals surface area contributed by atoms with Crippen LogP contribution in [0.1, 0.15) is 62.3 Å². The number of rotatable bonds is 7. The maximum absolute atomic E-state index is 10.1. The summed E-state index contributed by atoms with van der Waals surface area (Å²) in [5.74, 6) is 1.23. The molecule has 41 heavy (non-hydrogen) atoms. The summed E-state index contributed by atoms with van der Waals surface area (Å²) in [5.41, 5.74) is 5.84. The fraction of sp³-hybridized carbons (Fsp3) is 0.517. The van der Waals surface area contributed by atoms with Crippen molar-refractivity contribution >= 4 is 23.2 Å². The number of ether oxygens (including phenoxy) is 3. The van der Waals surface area contributed by atoms with E-state index in [4.69, 9.17) is 24.4 Å². The van der Waals surface area contributed by atoms with Crippen molar-refractivity contribution in [1.29, 1.82) is 0 Å². The molecule has 2 bridgehead atoms. The fourth-order valence-corrected chi connectivity index (χ4v) is 5.58. The number of H-pyrrole nitrogens is 1. The Hall–Kier alpha value is -3.74. The van der Waals surface area contributed by atoms with Gasteiger partial charge in [0.25, 0.3) is 0 Å². The van der Waals surface area contributed by atoms with Gasteiger partial charge in [-0.05, 0) is 51.8 Å². The minimum atomic E-state index is -0.209. The summed E-state index contributed by atoms with van der Waals surface area (Å²) in [6.07, 6.45) is 7.98. The molecule has 0 radical (unpaired) electrons. The van der Waals surface area contributed by atoms with E-state index < -0.39 is 0 Å². The lowest BCUT2D eigenvalue weighted by atomic mass is 10.1. The molecule has 1 fully saturated rings. The molecule has 4 aromatic rings. The molecule has 2 atom stereocenters. The molecular formula is C29H38N8O4. The van der Waals surface area contributed by atoms with Gasteiger partial charge >= 0.3 is 0 Å². The van der Waals surface area contributed by atoms with E-state index in [0.29, 0.717) is 49.8 Å². The molecular weight excluding hydrogens is 524 g/mol. The first kappa shape index (κ1) is 27.4. The van der Waals surface area contributed by atoms with Gasteiger partial charge in [-0.3, -0.25) is 14.7 Å². The van der Waals surface area contributed by atoms with Crippen LogP contribution in [0.3, 0.4) is 0 Å². The first-order valence-corrected chi connectivity index (χ1v) is 14.2. The van der Waals surface area contributed by atoms with Crippen molar-refractivity contribution in [2.24, 2.45) is 7.05 Å². The predicted octanol–water partition coefficient (Wildman–Crippen LogP) is 3.57. The molecule has 218 valence electrons. The highest BCUT2D eigenvalue weighted by Crippen LogP contribution is 2.38. The third-order valence-corrected chi connectivity index (χ3v) is 7.69. The Morgan fingerprint density at radius 2 is 2.07 bits per heavy atom. The van der Waals surface area contributed by atoms with Gasteiger partial charge in [0.15, 0.2) is 5.65 Å². The number of nitrogens with one attached hydrogen (secondary N) is 1. The van der Waals surface area contributed by atoms with Crippen LogP contribution in [0.5, 0.6) is 11.8 Å². The lowest BCUT2D eigenvalue weighted by Crippen LogP contribution is -2.36. The van der Waals surface area contributed by atoms with Crippen LogP contribution in [0.4, 0.5) is 0 Å². The van der Waals surface area contributed by atoms with Crippen LogP contribution in [0.15, 0.2) is 12.3 Å². The Bertz CT molecular complexity index is 1570. The molecule has 1 saturated carbocycles. The zero-order valence-corrected chi connectivity index (χ0v) is 24.3. The summed E-state index contributed by atoms with van der Waals surface area (Å²) < 4.78 is 21.9. The van der Waals surface area contributed by atoms with E-state index in [1.54, 1.807) is 11.8 Å². The number of hydrogen-bond donors (Lipinski definition) is 2. The van der Waals surface area contributed by atoms with Crippen molar-refractivity contribution < 1.29 is 19.3 Å². The number of methoxy groups -OCH3 is 1. The smallest absolute Gasteiger partial charge is 0.240 e. The van der Waals surface area contributed by atoms with Gasteiger partial charge < -0.3 is 19.3 Å². The molecule has 0 spiro atoms. The Balaban J connectivity index is 1.55. The van der Waals surface area contributed by atoms with Gasteiger partial charge in [0.1, 0.15) is 6.10 Å². The molecule has 6 rings (SSSR count). The van der Waals surface area contributed by atoms with Crippen molar-refractivity contribution in [3.63, 3.8) is 0 Å². The number of aliphatic hydroxyl groups excluding tert-OH is 1. The minimum Gasteiger partial charge on any atom is -0.476 e. The number of aromatic amines is 1. The van der Waals surface area contributed by atoms with E-state index in [1.807, 2.05) is 43.9 Å². The van der Waals surface area contributed by atoms with E-state index in [9.17, 15) is 5.11 Å². The highest BCUT2D eigenvalue weighted by molar-refractivity contribution is 5.91. The predicted molar refractivity (Wildman–Crippen MR) is 154 cm³/mol. The Morgan fingerprint density at radius 1 is 1.24 bits per heavy atom. The van der Waals surface area contributed by atoms with Gasteiger partial charge in [-0.15, -0.1) is 5.10 Å². The van der Waals surface area contributed by atoms with Gasteiger partial charge in [-0.2, -0.15) is 10.2 Å². The molecule has 1 aliphatic carbocycles. The first-order chi connectivity index (χ1) is 19.9. The first-order valence-electron chi connectivity index (χ1n) is 14.2. The molecule has 2 N–H and O–H groups in total. The van der Waals surface area contributed by atoms with Crippen LogP contribution in [-0.4, -0.2) is 83.8 Å². The third-order valence-electron chi connectivity index (χ3n) is 7.69. The number of fused-ring (bicyclic) bond motifs is 4. The van der Waals surface area contributed by atoms with Crippen molar-refractivity contribution in [2.45, 2.75) is 65.0 Å². The van der Waals surface area contributed by atoms with Crippen molar-refractivity contribution in [3.05, 3.63) is 34.9 Å². The normalized spacial score (nSPS) is 19.3. The molecule has 1 aliphatic heterocycles. The number of aromatic nitrogens is 7. The van der Waals surface area contributed by atoms with Crippen LogP contribution in [0.2, 0.25) is 0 Å². The van der Waals surface area contributed by atoms with Gasteiger partial charge in [0.05, 0.1) is 54.1 Å². The average molecular weight is 563 g/mol. The molecule has 12 nitrogen and oxygen atoms in total. The number of pyridine rings is 1. The Morgan fingerprint density at radius 3 is 2.80 bits per heavy atom. The molecule has 5 heterocycles. The van der Waals surface area contributed by atoms with Crippen LogP contribution in [0.25, 0.3) is 34.3 Å². The van der Waals surface area contributed by atoms with Crippen molar-refractivity contribution in [3.8, 4) is 22.9 Å². The lowest BCUT2D eigenvalue weighted by Gasteiger charge is -2.27.